The Balaban J connectivity index is 1.67. The predicted molar refractivity (Wildman–Crippen MR) is 117 cm³/mol. The Labute approximate surface area is 175 Å². The molecule has 0 aliphatic carbocycles. The molecule has 8 nitrogen and oxygen atoms in total. The highest BCUT2D eigenvalue weighted by Crippen LogP contribution is 2.37. The third kappa shape index (κ3) is 2.87. The average Bonchev–Trinajstić information content (AvgIpc) is 3.17. The molecule has 2 aromatic carbocycles. The summed E-state index contributed by atoms with van der Waals surface area (Å²) in [6.07, 6.45) is -0.159. The van der Waals surface area contributed by atoms with Crippen LogP contribution in [-0.2, 0) is 0 Å². The van der Waals surface area contributed by atoms with Crippen molar-refractivity contribution in [3.05, 3.63) is 48.0 Å². The Morgan fingerprint density at radius 2 is 1.87 bits per heavy atom. The molecular weight excluding hydrogens is 380 g/mol. The van der Waals surface area contributed by atoms with Crippen molar-refractivity contribution in [3.8, 4) is 11.5 Å². The number of imidazole rings is 1. The molecule has 0 spiro atoms. The Kier molecular flexibility index (Phi) is 4.51. The van der Waals surface area contributed by atoms with Gasteiger partial charge in [0.1, 0.15) is 6.17 Å². The number of ether oxygens (including phenoxy) is 2. The van der Waals surface area contributed by atoms with E-state index in [1.54, 1.807) is 14.2 Å². The van der Waals surface area contributed by atoms with Gasteiger partial charge in [0.2, 0.25) is 11.9 Å². The first-order valence-corrected chi connectivity index (χ1v) is 10.1. The molecule has 2 aliphatic rings. The van der Waals surface area contributed by atoms with Crippen molar-refractivity contribution in [1.82, 2.24) is 19.8 Å². The summed E-state index contributed by atoms with van der Waals surface area (Å²) in [4.78, 5) is 14.3. The Bertz CT molecular complexity index is 1120. The number of fused-ring (bicyclic) bond motifs is 5. The van der Waals surface area contributed by atoms with E-state index in [9.17, 15) is 0 Å². The highest BCUT2D eigenvalue weighted by molar-refractivity contribution is 5.98. The molecule has 0 fully saturated rings. The summed E-state index contributed by atoms with van der Waals surface area (Å²) in [6, 6.07) is 14.6. The smallest absolute Gasteiger partial charge is 0.216 e. The third-order valence-corrected chi connectivity index (χ3v) is 5.78. The number of hydrogen-bond acceptors (Lipinski definition) is 7. The molecule has 0 amide bonds. The molecule has 3 heterocycles. The van der Waals surface area contributed by atoms with E-state index < -0.39 is 0 Å². The van der Waals surface area contributed by atoms with Crippen LogP contribution in [0.25, 0.3) is 11.0 Å². The first-order chi connectivity index (χ1) is 14.6. The first-order valence-electron chi connectivity index (χ1n) is 10.1. The Morgan fingerprint density at radius 3 is 2.63 bits per heavy atom. The molecular formula is C22H26N6O2. The van der Waals surface area contributed by atoms with Gasteiger partial charge in [-0.15, -0.1) is 0 Å². The third-order valence-electron chi connectivity index (χ3n) is 5.78. The number of anilines is 1. The average molecular weight is 406 g/mol. The van der Waals surface area contributed by atoms with E-state index in [1.165, 1.54) is 0 Å². The van der Waals surface area contributed by atoms with Crippen molar-refractivity contribution in [1.29, 1.82) is 0 Å². The molecule has 30 heavy (non-hydrogen) atoms. The number of hydrogen-bond donors (Lipinski definition) is 1. The largest absolute Gasteiger partial charge is 0.493 e. The summed E-state index contributed by atoms with van der Waals surface area (Å²) in [5, 5.41) is 3.63. The van der Waals surface area contributed by atoms with Crippen LogP contribution in [0.3, 0.4) is 0 Å². The van der Waals surface area contributed by atoms with E-state index in [-0.39, 0.29) is 6.17 Å². The number of aromatic nitrogens is 2. The molecule has 8 heteroatoms. The maximum Gasteiger partial charge on any atom is 0.216 e. The van der Waals surface area contributed by atoms with Gasteiger partial charge in [0.25, 0.3) is 0 Å². The molecule has 1 aromatic heterocycles. The number of rotatable bonds is 4. The van der Waals surface area contributed by atoms with E-state index >= 15 is 0 Å². The molecule has 0 saturated heterocycles. The van der Waals surface area contributed by atoms with Crippen molar-refractivity contribution in [2.24, 2.45) is 4.99 Å². The Hall–Kier alpha value is -3.26. The van der Waals surface area contributed by atoms with Crippen LogP contribution in [0.2, 0.25) is 0 Å². The molecule has 0 saturated carbocycles. The molecule has 156 valence electrons. The molecule has 0 bridgehead atoms. The molecule has 1 N–H and O–H groups in total. The minimum absolute atomic E-state index is 0.159. The summed E-state index contributed by atoms with van der Waals surface area (Å²) in [5.41, 5.74) is 3.08. The fraction of sp³-hybridized carbons (Fsp3) is 0.364. The van der Waals surface area contributed by atoms with Crippen LogP contribution in [0.1, 0.15) is 25.6 Å². The van der Waals surface area contributed by atoms with Gasteiger partial charge < -0.3 is 14.8 Å². The lowest BCUT2D eigenvalue weighted by molar-refractivity contribution is 0.221. The fourth-order valence-corrected chi connectivity index (χ4v) is 4.06. The number of para-hydroxylation sites is 2. The maximum atomic E-state index is 5.55. The van der Waals surface area contributed by atoms with Gasteiger partial charge in [-0.3, -0.25) is 14.4 Å². The number of aliphatic imine (C=N–C) groups is 1. The molecule has 5 rings (SSSR count). The quantitative estimate of drug-likeness (QED) is 0.719. The van der Waals surface area contributed by atoms with Gasteiger partial charge in [-0.2, -0.15) is 0 Å². The van der Waals surface area contributed by atoms with E-state index in [2.05, 4.69) is 45.7 Å². The minimum Gasteiger partial charge on any atom is -0.493 e. The van der Waals surface area contributed by atoms with Gasteiger partial charge >= 0.3 is 0 Å². The van der Waals surface area contributed by atoms with Crippen molar-refractivity contribution in [2.45, 2.75) is 26.1 Å². The topological polar surface area (TPSA) is 67.2 Å². The second kappa shape index (κ2) is 7.21. The summed E-state index contributed by atoms with van der Waals surface area (Å²) in [6.45, 7) is 5.78. The molecule has 0 unspecified atom stereocenters. The number of methoxy groups -OCH3 is 2. The SMILES string of the molecule is COc1ccc([C@H]2NC3=NCN(C(C)C)CN3c3nc4ccccc4n32)cc1OC. The van der Waals surface area contributed by atoms with Gasteiger partial charge in [0.05, 0.1) is 38.6 Å². The lowest BCUT2D eigenvalue weighted by Crippen LogP contribution is -2.58. The maximum absolute atomic E-state index is 5.55. The molecule has 0 radical (unpaired) electrons. The van der Waals surface area contributed by atoms with Crippen molar-refractivity contribution < 1.29 is 9.47 Å². The zero-order valence-corrected chi connectivity index (χ0v) is 17.7. The van der Waals surface area contributed by atoms with Gasteiger partial charge in [-0.05, 0) is 43.7 Å². The normalized spacial score (nSPS) is 18.6. The van der Waals surface area contributed by atoms with Crippen molar-refractivity contribution >= 4 is 22.9 Å². The first kappa shape index (κ1) is 18.7. The van der Waals surface area contributed by atoms with Crippen LogP contribution in [0.15, 0.2) is 47.5 Å². The number of guanidine groups is 1. The minimum atomic E-state index is -0.159. The van der Waals surface area contributed by atoms with Crippen molar-refractivity contribution in [2.75, 3.05) is 32.5 Å². The van der Waals surface area contributed by atoms with Crippen LogP contribution >= 0.6 is 0 Å². The van der Waals surface area contributed by atoms with Gasteiger partial charge in [0, 0.05) is 6.04 Å². The molecule has 3 aromatic rings. The number of nitrogens with zero attached hydrogens (tertiary/aromatic N) is 5. The van der Waals surface area contributed by atoms with E-state index in [4.69, 9.17) is 19.5 Å². The summed E-state index contributed by atoms with van der Waals surface area (Å²) in [5.74, 6) is 3.13. The zero-order chi connectivity index (χ0) is 20.8. The Morgan fingerprint density at radius 1 is 1.07 bits per heavy atom. The van der Waals surface area contributed by atoms with E-state index in [0.29, 0.717) is 24.2 Å². The molecule has 2 aliphatic heterocycles. The van der Waals surface area contributed by atoms with Gasteiger partial charge in [0.15, 0.2) is 11.5 Å². The highest BCUT2D eigenvalue weighted by Gasteiger charge is 2.36. The van der Waals surface area contributed by atoms with Gasteiger partial charge in [-0.1, -0.05) is 18.2 Å². The fourth-order valence-electron chi connectivity index (χ4n) is 4.06. The van der Waals surface area contributed by atoms with Crippen LogP contribution in [0.5, 0.6) is 11.5 Å². The van der Waals surface area contributed by atoms with Crippen LogP contribution in [0.4, 0.5) is 5.95 Å². The zero-order valence-electron chi connectivity index (χ0n) is 17.7. The van der Waals surface area contributed by atoms with Crippen molar-refractivity contribution in [3.63, 3.8) is 0 Å². The lowest BCUT2D eigenvalue weighted by Gasteiger charge is -2.42. The monoisotopic (exact) mass is 406 g/mol. The van der Waals surface area contributed by atoms with E-state index in [0.717, 1.165) is 35.2 Å². The highest BCUT2D eigenvalue weighted by atomic mass is 16.5. The summed E-state index contributed by atoms with van der Waals surface area (Å²) >= 11 is 0. The van der Waals surface area contributed by atoms with Crippen LogP contribution < -0.4 is 19.7 Å². The molecule has 1 atom stereocenters. The van der Waals surface area contributed by atoms with Crippen LogP contribution in [-0.4, -0.2) is 54.0 Å². The lowest BCUT2D eigenvalue weighted by atomic mass is 10.1. The predicted octanol–water partition coefficient (Wildman–Crippen LogP) is 3.01. The standard InChI is InChI=1S/C22H26N6O2/c1-14(2)26-12-23-21-25-20(15-9-10-18(29-3)19(11-15)30-4)28-17-8-6-5-7-16(17)24-22(28)27(21)13-26/h5-11,14,20H,12-13H2,1-4H3,(H,23,25)/t20-/m0/s1. The summed E-state index contributed by atoms with van der Waals surface area (Å²) < 4.78 is 13.2. The second-order valence-electron chi connectivity index (χ2n) is 7.81. The van der Waals surface area contributed by atoms with Crippen LogP contribution in [0, 0.1) is 0 Å². The van der Waals surface area contributed by atoms with Gasteiger partial charge in [-0.25, -0.2) is 9.98 Å². The summed E-state index contributed by atoms with van der Waals surface area (Å²) in [7, 11) is 3.30. The number of nitrogens with one attached hydrogen (secondary N) is 1. The number of benzene rings is 2. The van der Waals surface area contributed by atoms with E-state index in [1.807, 2.05) is 30.3 Å². The second-order valence-corrected chi connectivity index (χ2v) is 7.81.